The SMILES string of the molecule is Cn1ccnc1[C@@H]1OCC[C@H]1C(=O)NCCc1nc2ccccc2[nH]1. The number of aromatic amines is 1. The fourth-order valence-corrected chi connectivity index (χ4v) is 3.32. The van der Waals surface area contributed by atoms with Crippen LogP contribution in [0.15, 0.2) is 36.7 Å². The second kappa shape index (κ2) is 6.68. The molecule has 3 heterocycles. The summed E-state index contributed by atoms with van der Waals surface area (Å²) >= 11 is 0. The summed E-state index contributed by atoms with van der Waals surface area (Å²) in [4.78, 5) is 24.7. The number of imidazole rings is 2. The number of hydrogen-bond donors (Lipinski definition) is 2. The first kappa shape index (κ1) is 15.8. The largest absolute Gasteiger partial charge is 0.369 e. The third-order valence-electron chi connectivity index (χ3n) is 4.64. The first-order valence-electron chi connectivity index (χ1n) is 8.52. The molecule has 0 aliphatic carbocycles. The van der Waals surface area contributed by atoms with Gasteiger partial charge in [-0.05, 0) is 18.6 Å². The molecule has 1 amide bonds. The Kier molecular flexibility index (Phi) is 4.23. The van der Waals surface area contributed by atoms with E-state index in [4.69, 9.17) is 4.74 Å². The molecule has 7 heteroatoms. The average molecular weight is 339 g/mol. The monoisotopic (exact) mass is 339 g/mol. The van der Waals surface area contributed by atoms with Crippen LogP contribution in [0.2, 0.25) is 0 Å². The van der Waals surface area contributed by atoms with E-state index in [0.717, 1.165) is 22.7 Å². The Morgan fingerprint density at radius 2 is 2.32 bits per heavy atom. The van der Waals surface area contributed by atoms with Gasteiger partial charge < -0.3 is 19.6 Å². The zero-order valence-electron chi connectivity index (χ0n) is 14.1. The Morgan fingerprint density at radius 3 is 3.12 bits per heavy atom. The lowest BCUT2D eigenvalue weighted by molar-refractivity contribution is -0.126. The van der Waals surface area contributed by atoms with E-state index in [0.29, 0.717) is 26.0 Å². The molecule has 4 rings (SSSR count). The molecule has 2 atom stereocenters. The lowest BCUT2D eigenvalue weighted by Gasteiger charge is -2.17. The summed E-state index contributed by atoms with van der Waals surface area (Å²) in [7, 11) is 1.92. The molecule has 25 heavy (non-hydrogen) atoms. The van der Waals surface area contributed by atoms with Gasteiger partial charge in [0, 0.05) is 39.0 Å². The van der Waals surface area contributed by atoms with Crippen LogP contribution < -0.4 is 5.32 Å². The molecule has 0 radical (unpaired) electrons. The molecule has 0 saturated carbocycles. The van der Waals surface area contributed by atoms with Crippen LogP contribution >= 0.6 is 0 Å². The number of para-hydroxylation sites is 2. The van der Waals surface area contributed by atoms with Crippen molar-refractivity contribution in [2.75, 3.05) is 13.2 Å². The molecule has 0 bridgehead atoms. The van der Waals surface area contributed by atoms with Crippen molar-refractivity contribution < 1.29 is 9.53 Å². The summed E-state index contributed by atoms with van der Waals surface area (Å²) in [6.45, 7) is 1.13. The van der Waals surface area contributed by atoms with Crippen molar-refractivity contribution in [3.05, 3.63) is 48.3 Å². The summed E-state index contributed by atoms with van der Waals surface area (Å²) in [6, 6.07) is 7.91. The minimum atomic E-state index is -0.272. The fourth-order valence-electron chi connectivity index (χ4n) is 3.32. The number of ether oxygens (including phenoxy) is 1. The molecule has 1 aliphatic rings. The van der Waals surface area contributed by atoms with Gasteiger partial charge in [0.15, 0.2) is 0 Å². The molecule has 1 aliphatic heterocycles. The Bertz CT molecular complexity index is 851. The Labute approximate surface area is 145 Å². The maximum Gasteiger partial charge on any atom is 0.226 e. The summed E-state index contributed by atoms with van der Waals surface area (Å²) < 4.78 is 7.66. The number of carbonyl (C=O) groups is 1. The van der Waals surface area contributed by atoms with E-state index in [2.05, 4.69) is 20.3 Å². The minimum Gasteiger partial charge on any atom is -0.369 e. The van der Waals surface area contributed by atoms with Crippen LogP contribution in [0.3, 0.4) is 0 Å². The van der Waals surface area contributed by atoms with Crippen molar-refractivity contribution in [1.82, 2.24) is 24.8 Å². The Morgan fingerprint density at radius 1 is 1.44 bits per heavy atom. The molecule has 1 aromatic carbocycles. The molecule has 1 fully saturated rings. The maximum absolute atomic E-state index is 12.6. The summed E-state index contributed by atoms with van der Waals surface area (Å²) in [6.07, 6.45) is 4.71. The van der Waals surface area contributed by atoms with E-state index in [1.165, 1.54) is 0 Å². The number of rotatable bonds is 5. The Hall–Kier alpha value is -2.67. The van der Waals surface area contributed by atoms with Gasteiger partial charge in [0.1, 0.15) is 17.8 Å². The third-order valence-corrected chi connectivity index (χ3v) is 4.64. The second-order valence-electron chi connectivity index (χ2n) is 6.32. The molecule has 3 aromatic rings. The van der Waals surface area contributed by atoms with E-state index in [9.17, 15) is 4.79 Å². The van der Waals surface area contributed by atoms with E-state index < -0.39 is 0 Å². The molecule has 130 valence electrons. The molecule has 2 N–H and O–H groups in total. The van der Waals surface area contributed by atoms with Crippen LogP contribution in [0, 0.1) is 5.92 Å². The molecular formula is C18H21N5O2. The van der Waals surface area contributed by atoms with Crippen LogP contribution in [0.4, 0.5) is 0 Å². The Balaban J connectivity index is 1.36. The summed E-state index contributed by atoms with van der Waals surface area (Å²) in [5, 5.41) is 3.01. The average Bonchev–Trinajstić information content (AvgIpc) is 3.32. The smallest absolute Gasteiger partial charge is 0.226 e. The van der Waals surface area contributed by atoms with Gasteiger partial charge in [0.2, 0.25) is 5.91 Å². The first-order valence-corrected chi connectivity index (χ1v) is 8.52. The third kappa shape index (κ3) is 3.15. The van der Waals surface area contributed by atoms with Crippen molar-refractivity contribution in [3.8, 4) is 0 Å². The number of fused-ring (bicyclic) bond motifs is 1. The highest BCUT2D eigenvalue weighted by Crippen LogP contribution is 2.33. The van der Waals surface area contributed by atoms with Crippen molar-refractivity contribution >= 4 is 16.9 Å². The standard InChI is InChI=1S/C18H21N5O2/c1-23-10-9-19-17(23)16-12(7-11-25-16)18(24)20-8-6-15-21-13-4-2-3-5-14(13)22-15/h2-5,9-10,12,16H,6-8,11H2,1H3,(H,20,24)(H,21,22)/t12-,16-/m1/s1. The van der Waals surface area contributed by atoms with Gasteiger partial charge in [0.05, 0.1) is 17.0 Å². The van der Waals surface area contributed by atoms with E-state index >= 15 is 0 Å². The van der Waals surface area contributed by atoms with Crippen LogP contribution in [0.5, 0.6) is 0 Å². The molecular weight excluding hydrogens is 318 g/mol. The molecule has 1 saturated heterocycles. The second-order valence-corrected chi connectivity index (χ2v) is 6.32. The highest BCUT2D eigenvalue weighted by molar-refractivity contribution is 5.79. The van der Waals surface area contributed by atoms with Crippen LogP contribution in [0.25, 0.3) is 11.0 Å². The minimum absolute atomic E-state index is 0.0154. The van der Waals surface area contributed by atoms with Crippen molar-refractivity contribution in [2.45, 2.75) is 18.9 Å². The van der Waals surface area contributed by atoms with Gasteiger partial charge in [-0.2, -0.15) is 0 Å². The van der Waals surface area contributed by atoms with E-state index in [1.807, 2.05) is 42.1 Å². The van der Waals surface area contributed by atoms with Gasteiger partial charge in [-0.25, -0.2) is 9.97 Å². The van der Waals surface area contributed by atoms with Crippen molar-refractivity contribution in [3.63, 3.8) is 0 Å². The number of hydrogen-bond acceptors (Lipinski definition) is 4. The lowest BCUT2D eigenvalue weighted by Crippen LogP contribution is -2.34. The van der Waals surface area contributed by atoms with Crippen LogP contribution in [0.1, 0.15) is 24.2 Å². The van der Waals surface area contributed by atoms with Gasteiger partial charge in [0.25, 0.3) is 0 Å². The predicted molar refractivity (Wildman–Crippen MR) is 92.8 cm³/mol. The van der Waals surface area contributed by atoms with Gasteiger partial charge in [-0.3, -0.25) is 4.79 Å². The highest BCUT2D eigenvalue weighted by atomic mass is 16.5. The number of amides is 1. The molecule has 0 unspecified atom stereocenters. The van der Waals surface area contributed by atoms with Gasteiger partial charge >= 0.3 is 0 Å². The normalized spacial score (nSPS) is 20.2. The van der Waals surface area contributed by atoms with E-state index in [1.54, 1.807) is 6.20 Å². The summed E-state index contributed by atoms with van der Waals surface area (Å²) in [5.74, 6) is 1.50. The molecule has 2 aromatic heterocycles. The molecule has 0 spiro atoms. The van der Waals surface area contributed by atoms with E-state index in [-0.39, 0.29) is 17.9 Å². The number of nitrogens with one attached hydrogen (secondary N) is 2. The summed E-state index contributed by atoms with van der Waals surface area (Å²) in [5.41, 5.74) is 1.96. The number of aryl methyl sites for hydroxylation is 1. The van der Waals surface area contributed by atoms with Crippen molar-refractivity contribution in [2.24, 2.45) is 13.0 Å². The number of carbonyl (C=O) groups excluding carboxylic acids is 1. The number of benzene rings is 1. The number of nitrogens with zero attached hydrogens (tertiary/aromatic N) is 3. The van der Waals surface area contributed by atoms with Crippen LogP contribution in [-0.4, -0.2) is 38.6 Å². The first-order chi connectivity index (χ1) is 12.2. The number of aromatic nitrogens is 4. The number of H-pyrrole nitrogens is 1. The zero-order valence-corrected chi connectivity index (χ0v) is 14.1. The lowest BCUT2D eigenvalue weighted by atomic mass is 10.00. The fraction of sp³-hybridized carbons (Fsp3) is 0.389. The topological polar surface area (TPSA) is 84.8 Å². The van der Waals surface area contributed by atoms with Crippen LogP contribution in [-0.2, 0) is 23.0 Å². The van der Waals surface area contributed by atoms with Gasteiger partial charge in [-0.1, -0.05) is 12.1 Å². The quantitative estimate of drug-likeness (QED) is 0.741. The zero-order chi connectivity index (χ0) is 17.2. The molecule has 7 nitrogen and oxygen atoms in total. The predicted octanol–water partition coefficient (Wildman–Crippen LogP) is 1.73. The maximum atomic E-state index is 12.6. The van der Waals surface area contributed by atoms with Gasteiger partial charge in [-0.15, -0.1) is 0 Å². The van der Waals surface area contributed by atoms with Crippen molar-refractivity contribution in [1.29, 1.82) is 0 Å². The highest BCUT2D eigenvalue weighted by Gasteiger charge is 2.37.